The maximum absolute atomic E-state index is 12.8. The number of hydrogen-bond donors (Lipinski definition) is 1. The Bertz CT molecular complexity index is 707. The van der Waals surface area contributed by atoms with Crippen LogP contribution in [-0.2, 0) is 19.6 Å². The molecule has 0 spiro atoms. The zero-order valence-corrected chi connectivity index (χ0v) is 17.6. The van der Waals surface area contributed by atoms with E-state index in [-0.39, 0.29) is 23.3 Å². The molecule has 0 unspecified atom stereocenters. The molecule has 1 amide bonds. The number of hydrogen-bond acceptors (Lipinski definition) is 4. The number of carbonyl (C=O) groups excluding carboxylic acids is 1. The van der Waals surface area contributed by atoms with Gasteiger partial charge in [-0.3, -0.25) is 4.79 Å². The zero-order valence-electron chi connectivity index (χ0n) is 16.0. The van der Waals surface area contributed by atoms with Gasteiger partial charge < -0.3 is 10.1 Å². The fourth-order valence-electron chi connectivity index (χ4n) is 2.98. The summed E-state index contributed by atoms with van der Waals surface area (Å²) in [5.74, 6) is 0.0858. The summed E-state index contributed by atoms with van der Waals surface area (Å²) >= 11 is 5.84. The molecule has 1 aliphatic heterocycles. The Morgan fingerprint density at radius 3 is 2.70 bits per heavy atom. The van der Waals surface area contributed by atoms with Gasteiger partial charge in [-0.15, -0.1) is 0 Å². The summed E-state index contributed by atoms with van der Waals surface area (Å²) in [6, 6.07) is 6.12. The fraction of sp³-hybridized carbons (Fsp3) is 0.632. The van der Waals surface area contributed by atoms with Gasteiger partial charge in [-0.2, -0.15) is 4.31 Å². The van der Waals surface area contributed by atoms with Crippen molar-refractivity contribution in [1.82, 2.24) is 9.62 Å². The summed E-state index contributed by atoms with van der Waals surface area (Å²) in [6.07, 6.45) is 2.11. The minimum absolute atomic E-state index is 0.0881. The molecule has 0 aliphatic carbocycles. The fourth-order valence-corrected chi connectivity index (χ4v) is 4.63. The lowest BCUT2D eigenvalue weighted by molar-refractivity contribution is -0.126. The van der Waals surface area contributed by atoms with Crippen LogP contribution < -0.4 is 5.32 Å². The van der Waals surface area contributed by atoms with Crippen molar-refractivity contribution in [2.75, 3.05) is 32.8 Å². The van der Waals surface area contributed by atoms with Crippen LogP contribution in [0.5, 0.6) is 0 Å². The molecule has 8 heteroatoms. The molecule has 1 N–H and O–H groups in total. The van der Waals surface area contributed by atoms with Crippen LogP contribution in [0.4, 0.5) is 0 Å². The van der Waals surface area contributed by atoms with Gasteiger partial charge in [0, 0.05) is 37.9 Å². The van der Waals surface area contributed by atoms with Crippen LogP contribution in [-0.4, -0.2) is 51.5 Å². The molecular formula is C19H29ClN2O4S. The summed E-state index contributed by atoms with van der Waals surface area (Å²) in [6.45, 7) is 6.69. The Balaban J connectivity index is 1.84. The number of nitrogens with zero attached hydrogens (tertiary/aromatic N) is 1. The van der Waals surface area contributed by atoms with Gasteiger partial charge >= 0.3 is 0 Å². The molecule has 1 saturated heterocycles. The number of amides is 1. The van der Waals surface area contributed by atoms with E-state index in [2.05, 4.69) is 19.2 Å². The van der Waals surface area contributed by atoms with Crippen molar-refractivity contribution in [3.63, 3.8) is 0 Å². The lowest BCUT2D eigenvalue weighted by Gasteiger charge is -2.31. The third kappa shape index (κ3) is 6.75. The standard InChI is InChI=1S/C19H29ClN2O4S/c1-15(2)14-26-12-4-10-21-19(23)16-5-3-11-22(13-16)27(24,25)18-8-6-17(20)7-9-18/h6-9,15-16H,3-5,10-14H2,1-2H3,(H,21,23)/t16-/m0/s1. The highest BCUT2D eigenvalue weighted by atomic mass is 35.5. The van der Waals surface area contributed by atoms with E-state index in [0.29, 0.717) is 50.1 Å². The highest BCUT2D eigenvalue weighted by molar-refractivity contribution is 7.89. The van der Waals surface area contributed by atoms with Crippen LogP contribution in [0.15, 0.2) is 29.2 Å². The predicted octanol–water partition coefficient (Wildman–Crippen LogP) is 2.92. The van der Waals surface area contributed by atoms with Crippen molar-refractivity contribution in [1.29, 1.82) is 0 Å². The van der Waals surface area contributed by atoms with E-state index >= 15 is 0 Å². The van der Waals surface area contributed by atoms with Gasteiger partial charge in [0.15, 0.2) is 0 Å². The monoisotopic (exact) mass is 416 g/mol. The third-order valence-electron chi connectivity index (χ3n) is 4.42. The first kappa shape index (κ1) is 22.1. The Kier molecular flexibility index (Phi) is 8.54. The number of piperidine rings is 1. The van der Waals surface area contributed by atoms with Crippen molar-refractivity contribution in [3.8, 4) is 0 Å². The minimum atomic E-state index is -3.61. The number of carbonyl (C=O) groups is 1. The molecular weight excluding hydrogens is 388 g/mol. The van der Waals surface area contributed by atoms with E-state index in [4.69, 9.17) is 16.3 Å². The van der Waals surface area contributed by atoms with Gasteiger partial charge in [-0.25, -0.2) is 8.42 Å². The first-order valence-electron chi connectivity index (χ1n) is 9.42. The lowest BCUT2D eigenvalue weighted by atomic mass is 9.99. The maximum atomic E-state index is 12.8. The number of nitrogens with one attached hydrogen (secondary N) is 1. The first-order chi connectivity index (χ1) is 12.8. The molecule has 0 bridgehead atoms. The van der Waals surface area contributed by atoms with E-state index in [1.807, 2.05) is 0 Å². The summed E-state index contributed by atoms with van der Waals surface area (Å²) in [4.78, 5) is 12.6. The summed E-state index contributed by atoms with van der Waals surface area (Å²) in [5.41, 5.74) is 0. The summed E-state index contributed by atoms with van der Waals surface area (Å²) < 4.78 is 32.5. The second-order valence-electron chi connectivity index (χ2n) is 7.27. The van der Waals surface area contributed by atoms with Gasteiger partial charge in [0.1, 0.15) is 0 Å². The topological polar surface area (TPSA) is 75.7 Å². The zero-order chi connectivity index (χ0) is 19.9. The molecule has 0 radical (unpaired) electrons. The highest BCUT2D eigenvalue weighted by Gasteiger charge is 2.33. The van der Waals surface area contributed by atoms with Gasteiger partial charge in [0.25, 0.3) is 0 Å². The quantitative estimate of drug-likeness (QED) is 0.628. The van der Waals surface area contributed by atoms with E-state index in [1.54, 1.807) is 12.1 Å². The SMILES string of the molecule is CC(C)COCCCNC(=O)[C@H]1CCCN(S(=O)(=O)c2ccc(Cl)cc2)C1. The molecule has 0 saturated carbocycles. The van der Waals surface area contributed by atoms with Crippen LogP contribution >= 0.6 is 11.6 Å². The van der Waals surface area contributed by atoms with E-state index < -0.39 is 10.0 Å². The predicted molar refractivity (Wildman–Crippen MR) is 106 cm³/mol. The average molecular weight is 417 g/mol. The van der Waals surface area contributed by atoms with Crippen LogP contribution in [0.25, 0.3) is 0 Å². The number of ether oxygens (including phenoxy) is 1. The molecule has 1 aromatic carbocycles. The molecule has 0 aromatic heterocycles. The Morgan fingerprint density at radius 1 is 1.33 bits per heavy atom. The van der Waals surface area contributed by atoms with Gasteiger partial charge in [-0.05, 0) is 49.4 Å². The first-order valence-corrected chi connectivity index (χ1v) is 11.2. The molecule has 152 valence electrons. The third-order valence-corrected chi connectivity index (χ3v) is 6.55. The van der Waals surface area contributed by atoms with Gasteiger partial charge in [0.05, 0.1) is 10.8 Å². The van der Waals surface area contributed by atoms with Gasteiger partial charge in [0.2, 0.25) is 15.9 Å². The smallest absolute Gasteiger partial charge is 0.243 e. The second-order valence-corrected chi connectivity index (χ2v) is 9.64. The number of halogens is 1. The number of rotatable bonds is 9. The Labute approximate surface area is 167 Å². The second kappa shape index (κ2) is 10.4. The average Bonchev–Trinajstić information content (AvgIpc) is 2.64. The largest absolute Gasteiger partial charge is 0.381 e. The number of sulfonamides is 1. The van der Waals surface area contributed by atoms with Crippen molar-refractivity contribution in [3.05, 3.63) is 29.3 Å². The number of benzene rings is 1. The van der Waals surface area contributed by atoms with Crippen molar-refractivity contribution >= 4 is 27.5 Å². The van der Waals surface area contributed by atoms with E-state index in [1.165, 1.54) is 16.4 Å². The Hall–Kier alpha value is -1.15. The lowest BCUT2D eigenvalue weighted by Crippen LogP contribution is -2.45. The summed E-state index contributed by atoms with van der Waals surface area (Å²) in [5, 5.41) is 3.39. The molecule has 27 heavy (non-hydrogen) atoms. The minimum Gasteiger partial charge on any atom is -0.381 e. The van der Waals surface area contributed by atoms with Crippen molar-refractivity contribution < 1.29 is 17.9 Å². The molecule has 1 aromatic rings. The maximum Gasteiger partial charge on any atom is 0.243 e. The van der Waals surface area contributed by atoms with E-state index in [9.17, 15) is 13.2 Å². The summed E-state index contributed by atoms with van der Waals surface area (Å²) in [7, 11) is -3.61. The van der Waals surface area contributed by atoms with Crippen LogP contribution in [0.3, 0.4) is 0 Å². The molecule has 2 rings (SSSR count). The molecule has 1 heterocycles. The normalized spacial score (nSPS) is 18.6. The Morgan fingerprint density at radius 2 is 2.04 bits per heavy atom. The molecule has 1 fully saturated rings. The van der Waals surface area contributed by atoms with E-state index in [0.717, 1.165) is 6.42 Å². The van der Waals surface area contributed by atoms with Crippen LogP contribution in [0.2, 0.25) is 5.02 Å². The van der Waals surface area contributed by atoms with Gasteiger partial charge in [-0.1, -0.05) is 25.4 Å². The van der Waals surface area contributed by atoms with Crippen LogP contribution in [0, 0.1) is 11.8 Å². The van der Waals surface area contributed by atoms with Crippen molar-refractivity contribution in [2.24, 2.45) is 11.8 Å². The molecule has 1 aliphatic rings. The molecule has 1 atom stereocenters. The van der Waals surface area contributed by atoms with Crippen LogP contribution in [0.1, 0.15) is 33.1 Å². The highest BCUT2D eigenvalue weighted by Crippen LogP contribution is 2.24. The molecule has 6 nitrogen and oxygen atoms in total. The van der Waals surface area contributed by atoms with Crippen molar-refractivity contribution in [2.45, 2.75) is 38.0 Å².